The molecule has 1 aliphatic rings. The van der Waals surface area contributed by atoms with Crippen LogP contribution in [0.3, 0.4) is 0 Å². The molecule has 1 N–H and O–H groups in total. The minimum absolute atomic E-state index is 0.0285. The number of fused-ring (bicyclic) bond motifs is 1. The van der Waals surface area contributed by atoms with E-state index in [1.165, 1.54) is 5.56 Å². The first-order chi connectivity index (χ1) is 14.4. The van der Waals surface area contributed by atoms with Crippen molar-refractivity contribution in [1.82, 2.24) is 25.0 Å². The number of aromatic nitrogens is 3. The fourth-order valence-electron chi connectivity index (χ4n) is 4.10. The van der Waals surface area contributed by atoms with Crippen molar-refractivity contribution < 1.29 is 4.79 Å². The zero-order valence-electron chi connectivity index (χ0n) is 18.3. The summed E-state index contributed by atoms with van der Waals surface area (Å²) in [5.74, 6) is 0.212. The number of carbonyl (C=O) groups excluding carboxylic acids is 1. The van der Waals surface area contributed by atoms with E-state index >= 15 is 0 Å². The van der Waals surface area contributed by atoms with Crippen LogP contribution in [0.2, 0.25) is 0 Å². The molecule has 0 bridgehead atoms. The monoisotopic (exact) mass is 405 g/mol. The van der Waals surface area contributed by atoms with Crippen LogP contribution in [-0.2, 0) is 6.54 Å². The number of nitrogens with zero attached hydrogens (tertiary/aromatic N) is 4. The van der Waals surface area contributed by atoms with Crippen LogP contribution < -0.4 is 5.32 Å². The highest BCUT2D eigenvalue weighted by Crippen LogP contribution is 2.25. The average Bonchev–Trinajstić information content (AvgIpc) is 3.34. The lowest BCUT2D eigenvalue weighted by molar-refractivity contribution is 0.0939. The van der Waals surface area contributed by atoms with Crippen molar-refractivity contribution in [3.8, 4) is 0 Å². The van der Waals surface area contributed by atoms with Crippen molar-refractivity contribution in [2.45, 2.75) is 58.7 Å². The van der Waals surface area contributed by atoms with Gasteiger partial charge >= 0.3 is 0 Å². The molecule has 30 heavy (non-hydrogen) atoms. The van der Waals surface area contributed by atoms with Gasteiger partial charge in [0.05, 0.1) is 17.1 Å². The van der Waals surface area contributed by atoms with E-state index in [9.17, 15) is 4.79 Å². The molecule has 6 nitrogen and oxygen atoms in total. The second-order valence-corrected chi connectivity index (χ2v) is 8.85. The highest BCUT2D eigenvalue weighted by Gasteiger charge is 2.26. The predicted molar refractivity (Wildman–Crippen MR) is 120 cm³/mol. The van der Waals surface area contributed by atoms with Crippen molar-refractivity contribution in [3.63, 3.8) is 0 Å². The van der Waals surface area contributed by atoms with E-state index in [1.807, 2.05) is 16.8 Å². The van der Waals surface area contributed by atoms with Crippen molar-refractivity contribution >= 4 is 16.9 Å². The molecule has 1 aromatic carbocycles. The van der Waals surface area contributed by atoms with E-state index in [0.29, 0.717) is 5.56 Å². The van der Waals surface area contributed by atoms with Gasteiger partial charge in [0.25, 0.3) is 5.91 Å². The summed E-state index contributed by atoms with van der Waals surface area (Å²) in [4.78, 5) is 20.4. The lowest BCUT2D eigenvalue weighted by Crippen LogP contribution is -2.37. The maximum atomic E-state index is 13.2. The number of rotatable bonds is 6. The fraction of sp³-hybridized carbons (Fsp3) is 0.458. The standard InChI is InChI=1S/C24H31N5O/c1-16(2)22-12-20(21-13-25-29(17(3)4)23(21)27-22)24(30)26-19-10-11-28(15-19)14-18-8-6-5-7-9-18/h5-9,12-13,16-17,19H,10-11,14-15H2,1-4H3,(H,26,30)/t19-/m0/s1. The van der Waals surface area contributed by atoms with Gasteiger partial charge in [-0.25, -0.2) is 9.67 Å². The van der Waals surface area contributed by atoms with E-state index in [-0.39, 0.29) is 23.9 Å². The third-order valence-electron chi connectivity index (χ3n) is 5.77. The summed E-state index contributed by atoms with van der Waals surface area (Å²) < 4.78 is 1.90. The molecular formula is C24H31N5O. The predicted octanol–water partition coefficient (Wildman–Crippen LogP) is 4.14. The maximum Gasteiger partial charge on any atom is 0.252 e. The van der Waals surface area contributed by atoms with E-state index in [4.69, 9.17) is 4.98 Å². The van der Waals surface area contributed by atoms with E-state index < -0.39 is 0 Å². The van der Waals surface area contributed by atoms with Crippen molar-refractivity contribution in [2.75, 3.05) is 13.1 Å². The average molecular weight is 406 g/mol. The molecule has 2 aromatic heterocycles. The number of nitrogens with one attached hydrogen (secondary N) is 1. The molecule has 1 aliphatic heterocycles. The Bertz CT molecular complexity index is 1020. The van der Waals surface area contributed by atoms with Crippen LogP contribution in [0.5, 0.6) is 0 Å². The molecule has 3 heterocycles. The quantitative estimate of drug-likeness (QED) is 0.669. The van der Waals surface area contributed by atoms with E-state index in [1.54, 1.807) is 6.20 Å². The van der Waals surface area contributed by atoms with Crippen molar-refractivity contribution in [1.29, 1.82) is 0 Å². The first-order valence-corrected chi connectivity index (χ1v) is 10.9. The Morgan fingerprint density at radius 1 is 1.20 bits per heavy atom. The third kappa shape index (κ3) is 4.24. The minimum atomic E-state index is -0.0285. The summed E-state index contributed by atoms with van der Waals surface area (Å²) >= 11 is 0. The van der Waals surface area contributed by atoms with Crippen LogP contribution in [0.15, 0.2) is 42.6 Å². The highest BCUT2D eigenvalue weighted by atomic mass is 16.1. The zero-order valence-corrected chi connectivity index (χ0v) is 18.3. The Labute approximate surface area is 178 Å². The Kier molecular flexibility index (Phi) is 5.86. The summed E-state index contributed by atoms with van der Waals surface area (Å²) in [7, 11) is 0. The largest absolute Gasteiger partial charge is 0.348 e. The van der Waals surface area contributed by atoms with Crippen LogP contribution in [0, 0.1) is 0 Å². The summed E-state index contributed by atoms with van der Waals surface area (Å²) in [5.41, 5.74) is 3.70. The number of hydrogen-bond donors (Lipinski definition) is 1. The van der Waals surface area contributed by atoms with Crippen molar-refractivity contribution in [2.24, 2.45) is 0 Å². The normalized spacial score (nSPS) is 17.3. The summed E-state index contributed by atoms with van der Waals surface area (Å²) in [6.45, 7) is 11.1. The fourth-order valence-corrected chi connectivity index (χ4v) is 4.10. The molecule has 1 amide bonds. The van der Waals surface area contributed by atoms with Crippen LogP contribution in [0.25, 0.3) is 11.0 Å². The van der Waals surface area contributed by atoms with Gasteiger partial charge < -0.3 is 5.32 Å². The molecule has 3 aromatic rings. The summed E-state index contributed by atoms with van der Waals surface area (Å²) in [6, 6.07) is 12.8. The molecule has 1 fully saturated rings. The first kappa shape index (κ1) is 20.5. The second kappa shape index (κ2) is 8.56. The smallest absolute Gasteiger partial charge is 0.252 e. The highest BCUT2D eigenvalue weighted by molar-refractivity contribution is 6.05. The first-order valence-electron chi connectivity index (χ1n) is 10.9. The Morgan fingerprint density at radius 2 is 1.97 bits per heavy atom. The zero-order chi connectivity index (χ0) is 21.3. The van der Waals surface area contributed by atoms with Crippen LogP contribution in [-0.4, -0.2) is 44.7 Å². The Morgan fingerprint density at radius 3 is 2.67 bits per heavy atom. The van der Waals surface area contributed by atoms with Gasteiger partial charge in [0.2, 0.25) is 0 Å². The Balaban J connectivity index is 1.52. The minimum Gasteiger partial charge on any atom is -0.348 e. The van der Waals surface area contributed by atoms with Crippen molar-refractivity contribution in [3.05, 3.63) is 59.4 Å². The molecule has 0 radical (unpaired) electrons. The molecule has 0 saturated carbocycles. The van der Waals surface area contributed by atoms with E-state index in [0.717, 1.165) is 42.8 Å². The number of likely N-dealkylation sites (tertiary alicyclic amines) is 1. The molecule has 1 atom stereocenters. The number of hydrogen-bond acceptors (Lipinski definition) is 4. The molecule has 158 valence electrons. The van der Waals surface area contributed by atoms with Gasteiger partial charge in [0, 0.05) is 37.4 Å². The van der Waals surface area contributed by atoms with Crippen LogP contribution in [0.1, 0.15) is 67.7 Å². The number of benzene rings is 1. The molecule has 1 saturated heterocycles. The molecule has 4 rings (SSSR count). The van der Waals surface area contributed by atoms with Gasteiger partial charge in [-0.2, -0.15) is 5.10 Å². The molecule has 6 heteroatoms. The SMILES string of the molecule is CC(C)c1cc(C(=O)N[C@H]2CCN(Cc3ccccc3)C2)c2cnn(C(C)C)c2n1. The van der Waals surface area contributed by atoms with Gasteiger partial charge in [0.15, 0.2) is 5.65 Å². The van der Waals surface area contributed by atoms with Gasteiger partial charge in [-0.15, -0.1) is 0 Å². The summed E-state index contributed by atoms with van der Waals surface area (Å²) in [6.07, 6.45) is 2.74. The molecular weight excluding hydrogens is 374 g/mol. The van der Waals surface area contributed by atoms with Crippen LogP contribution in [0.4, 0.5) is 0 Å². The maximum absolute atomic E-state index is 13.2. The Hall–Kier alpha value is -2.73. The topological polar surface area (TPSA) is 63.1 Å². The number of pyridine rings is 1. The molecule has 0 unspecified atom stereocenters. The molecule has 0 spiro atoms. The van der Waals surface area contributed by atoms with Gasteiger partial charge in [-0.05, 0) is 37.8 Å². The van der Waals surface area contributed by atoms with E-state index in [2.05, 4.69) is 67.3 Å². The third-order valence-corrected chi connectivity index (χ3v) is 5.77. The van der Waals surface area contributed by atoms with Gasteiger partial charge in [0.1, 0.15) is 0 Å². The summed E-state index contributed by atoms with van der Waals surface area (Å²) in [5, 5.41) is 8.58. The second-order valence-electron chi connectivity index (χ2n) is 8.85. The lowest BCUT2D eigenvalue weighted by Gasteiger charge is -2.17. The van der Waals surface area contributed by atoms with Crippen LogP contribution >= 0.6 is 0 Å². The number of amides is 1. The lowest BCUT2D eigenvalue weighted by atomic mass is 10.0. The molecule has 0 aliphatic carbocycles. The van der Waals surface area contributed by atoms with Gasteiger partial charge in [-0.1, -0.05) is 44.2 Å². The van der Waals surface area contributed by atoms with Gasteiger partial charge in [-0.3, -0.25) is 9.69 Å². The number of carbonyl (C=O) groups is 1.